The molecule has 4 heteroatoms. The molecule has 1 amide bonds. The van der Waals surface area contributed by atoms with Crippen molar-refractivity contribution in [2.45, 2.75) is 19.4 Å². The second-order valence-corrected chi connectivity index (χ2v) is 3.05. The Kier molecular flexibility index (Phi) is 4.07. The maximum atomic E-state index is 10.9. The minimum Gasteiger partial charge on any atom is -0.396 e. The minimum absolute atomic E-state index is 0.0489. The van der Waals surface area contributed by atoms with Gasteiger partial charge in [0.15, 0.2) is 0 Å². The summed E-state index contributed by atoms with van der Waals surface area (Å²) in [5.41, 5.74) is 0.962. The molecule has 0 radical (unpaired) electrons. The summed E-state index contributed by atoms with van der Waals surface area (Å²) in [5.74, 6) is -0.0970. The predicted molar refractivity (Wildman–Crippen MR) is 52.5 cm³/mol. The van der Waals surface area contributed by atoms with Crippen molar-refractivity contribution >= 4 is 5.91 Å². The molecule has 1 rings (SSSR count). The standard InChI is InChI=1S/C10H14N2O2/c1-8(14)12-10(4-7-13)9-2-5-11-6-3-9/h2-3,5-6,10,13H,4,7H2,1H3,(H,12,14). The predicted octanol–water partition coefficient (Wildman–Crippen LogP) is 0.641. The lowest BCUT2D eigenvalue weighted by Crippen LogP contribution is -2.26. The molecule has 0 aromatic carbocycles. The maximum Gasteiger partial charge on any atom is 0.217 e. The van der Waals surface area contributed by atoms with Crippen molar-refractivity contribution in [3.63, 3.8) is 0 Å². The average molecular weight is 194 g/mol. The number of carbonyl (C=O) groups is 1. The van der Waals surface area contributed by atoms with Gasteiger partial charge in [-0.3, -0.25) is 9.78 Å². The molecule has 1 atom stereocenters. The molecule has 0 saturated carbocycles. The summed E-state index contributed by atoms with van der Waals surface area (Å²) in [6.45, 7) is 1.51. The first-order valence-electron chi connectivity index (χ1n) is 4.52. The van der Waals surface area contributed by atoms with Crippen molar-refractivity contribution in [1.82, 2.24) is 10.3 Å². The summed E-state index contributed by atoms with van der Waals surface area (Å²) in [4.78, 5) is 14.8. The third kappa shape index (κ3) is 3.14. The minimum atomic E-state index is -0.125. The molecule has 1 aromatic rings. The van der Waals surface area contributed by atoms with Crippen LogP contribution in [0.15, 0.2) is 24.5 Å². The van der Waals surface area contributed by atoms with Crippen molar-refractivity contribution in [2.24, 2.45) is 0 Å². The second-order valence-electron chi connectivity index (χ2n) is 3.05. The molecular formula is C10H14N2O2. The Balaban J connectivity index is 2.72. The van der Waals surface area contributed by atoms with Gasteiger partial charge in [-0.1, -0.05) is 0 Å². The summed E-state index contributed by atoms with van der Waals surface area (Å²) >= 11 is 0. The second kappa shape index (κ2) is 5.34. The summed E-state index contributed by atoms with van der Waals surface area (Å²) in [6.07, 6.45) is 3.85. The van der Waals surface area contributed by atoms with Crippen molar-refractivity contribution in [2.75, 3.05) is 6.61 Å². The van der Waals surface area contributed by atoms with E-state index in [0.29, 0.717) is 6.42 Å². The van der Waals surface area contributed by atoms with Gasteiger partial charge in [-0.2, -0.15) is 0 Å². The van der Waals surface area contributed by atoms with E-state index in [0.717, 1.165) is 5.56 Å². The number of pyridine rings is 1. The molecule has 0 spiro atoms. The number of aromatic nitrogens is 1. The fourth-order valence-corrected chi connectivity index (χ4v) is 1.29. The van der Waals surface area contributed by atoms with Crippen LogP contribution in [0.1, 0.15) is 24.9 Å². The summed E-state index contributed by atoms with van der Waals surface area (Å²) in [6, 6.07) is 3.53. The number of amides is 1. The zero-order valence-electron chi connectivity index (χ0n) is 8.10. The van der Waals surface area contributed by atoms with Crippen LogP contribution < -0.4 is 5.32 Å². The van der Waals surface area contributed by atoms with Crippen LogP contribution in [-0.2, 0) is 4.79 Å². The highest BCUT2D eigenvalue weighted by Gasteiger charge is 2.10. The highest BCUT2D eigenvalue weighted by atomic mass is 16.3. The summed E-state index contributed by atoms with van der Waals surface area (Å²) < 4.78 is 0. The molecule has 14 heavy (non-hydrogen) atoms. The number of nitrogens with one attached hydrogen (secondary N) is 1. The van der Waals surface area contributed by atoms with Gasteiger partial charge in [0.1, 0.15) is 0 Å². The Bertz CT molecular complexity index is 287. The largest absolute Gasteiger partial charge is 0.396 e. The molecule has 1 aromatic heterocycles. The van der Waals surface area contributed by atoms with Gasteiger partial charge in [-0.15, -0.1) is 0 Å². The molecule has 1 heterocycles. The van der Waals surface area contributed by atoms with Crippen LogP contribution in [-0.4, -0.2) is 22.6 Å². The molecule has 0 fully saturated rings. The average Bonchev–Trinajstić information content (AvgIpc) is 2.18. The van der Waals surface area contributed by atoms with Crippen molar-refractivity contribution < 1.29 is 9.90 Å². The first-order valence-corrected chi connectivity index (χ1v) is 4.52. The highest BCUT2D eigenvalue weighted by Crippen LogP contribution is 2.14. The lowest BCUT2D eigenvalue weighted by atomic mass is 10.1. The number of nitrogens with zero attached hydrogens (tertiary/aromatic N) is 1. The van der Waals surface area contributed by atoms with Crippen molar-refractivity contribution in [1.29, 1.82) is 0 Å². The van der Waals surface area contributed by atoms with Gasteiger partial charge in [-0.25, -0.2) is 0 Å². The molecule has 0 aliphatic carbocycles. The van der Waals surface area contributed by atoms with Crippen LogP contribution in [0.5, 0.6) is 0 Å². The Morgan fingerprint density at radius 2 is 2.21 bits per heavy atom. The van der Waals surface area contributed by atoms with Gasteiger partial charge in [0.2, 0.25) is 5.91 Å². The zero-order chi connectivity index (χ0) is 10.4. The van der Waals surface area contributed by atoms with Gasteiger partial charge < -0.3 is 10.4 Å². The molecule has 76 valence electrons. The topological polar surface area (TPSA) is 62.2 Å². The fraction of sp³-hybridized carbons (Fsp3) is 0.400. The first-order chi connectivity index (χ1) is 6.74. The fourth-order valence-electron chi connectivity index (χ4n) is 1.29. The van der Waals surface area contributed by atoms with E-state index in [-0.39, 0.29) is 18.6 Å². The molecule has 4 nitrogen and oxygen atoms in total. The van der Waals surface area contributed by atoms with Crippen LogP contribution in [0.4, 0.5) is 0 Å². The lowest BCUT2D eigenvalue weighted by Gasteiger charge is -2.16. The van der Waals surface area contributed by atoms with E-state index in [1.54, 1.807) is 12.4 Å². The van der Waals surface area contributed by atoms with Gasteiger partial charge >= 0.3 is 0 Å². The monoisotopic (exact) mass is 194 g/mol. The van der Waals surface area contributed by atoms with Crippen LogP contribution in [0.2, 0.25) is 0 Å². The number of rotatable bonds is 4. The van der Waals surface area contributed by atoms with Gasteiger partial charge in [0, 0.05) is 25.9 Å². The van der Waals surface area contributed by atoms with Crippen molar-refractivity contribution in [3.05, 3.63) is 30.1 Å². The van der Waals surface area contributed by atoms with E-state index in [1.165, 1.54) is 6.92 Å². The number of hydrogen-bond acceptors (Lipinski definition) is 3. The van der Waals surface area contributed by atoms with Crippen LogP contribution in [0.25, 0.3) is 0 Å². The molecule has 2 N–H and O–H groups in total. The van der Waals surface area contributed by atoms with Crippen LogP contribution >= 0.6 is 0 Å². The zero-order valence-corrected chi connectivity index (χ0v) is 8.10. The van der Waals surface area contributed by atoms with E-state index in [9.17, 15) is 4.79 Å². The third-order valence-corrected chi connectivity index (χ3v) is 1.90. The van der Waals surface area contributed by atoms with E-state index in [1.807, 2.05) is 12.1 Å². The Labute approximate surface area is 83.0 Å². The third-order valence-electron chi connectivity index (χ3n) is 1.90. The quantitative estimate of drug-likeness (QED) is 0.739. The number of aliphatic hydroxyl groups excluding tert-OH is 1. The van der Waals surface area contributed by atoms with E-state index in [4.69, 9.17) is 5.11 Å². The van der Waals surface area contributed by atoms with Gasteiger partial charge in [-0.05, 0) is 24.1 Å². The van der Waals surface area contributed by atoms with E-state index in [2.05, 4.69) is 10.3 Å². The summed E-state index contributed by atoms with van der Waals surface area (Å²) in [7, 11) is 0. The first kappa shape index (κ1) is 10.7. The number of hydrogen-bond donors (Lipinski definition) is 2. The molecule has 0 bridgehead atoms. The van der Waals surface area contributed by atoms with Crippen molar-refractivity contribution in [3.8, 4) is 0 Å². The number of aliphatic hydroxyl groups is 1. The smallest absolute Gasteiger partial charge is 0.217 e. The van der Waals surface area contributed by atoms with Gasteiger partial charge in [0.25, 0.3) is 0 Å². The lowest BCUT2D eigenvalue weighted by molar-refractivity contribution is -0.119. The highest BCUT2D eigenvalue weighted by molar-refractivity contribution is 5.73. The normalized spacial score (nSPS) is 12.1. The van der Waals surface area contributed by atoms with Crippen LogP contribution in [0.3, 0.4) is 0 Å². The molecular weight excluding hydrogens is 180 g/mol. The Morgan fingerprint density at radius 3 is 2.71 bits per heavy atom. The Hall–Kier alpha value is -1.42. The van der Waals surface area contributed by atoms with E-state index >= 15 is 0 Å². The van der Waals surface area contributed by atoms with E-state index < -0.39 is 0 Å². The molecule has 0 saturated heterocycles. The summed E-state index contributed by atoms with van der Waals surface area (Å²) in [5, 5.41) is 11.6. The molecule has 0 aliphatic rings. The maximum absolute atomic E-state index is 10.9. The van der Waals surface area contributed by atoms with Gasteiger partial charge in [0.05, 0.1) is 6.04 Å². The van der Waals surface area contributed by atoms with Crippen LogP contribution in [0, 0.1) is 0 Å². The Morgan fingerprint density at radius 1 is 1.57 bits per heavy atom. The molecule has 0 aliphatic heterocycles. The number of carbonyl (C=O) groups excluding carboxylic acids is 1. The SMILES string of the molecule is CC(=O)NC(CCO)c1ccncc1. The molecule has 1 unspecified atom stereocenters.